The minimum atomic E-state index is 0.0858. The largest absolute Gasteiger partial charge is 0.317 e. The molecule has 1 amide bonds. The van der Waals surface area contributed by atoms with Gasteiger partial charge in [-0.15, -0.1) is 34.4 Å². The number of nitrogens with one attached hydrogen (secondary N) is 1. The lowest BCUT2D eigenvalue weighted by atomic mass is 9.96. The number of carbonyl (C=O) groups excluding carboxylic acids is 1. The molecule has 0 fully saturated rings. The number of fused-ring (bicyclic) bond motifs is 2. The van der Waals surface area contributed by atoms with Crippen LogP contribution in [0.25, 0.3) is 20.8 Å². The number of halogens is 1. The molecule has 4 aromatic rings. The van der Waals surface area contributed by atoms with Crippen molar-refractivity contribution in [3.8, 4) is 10.6 Å². The van der Waals surface area contributed by atoms with Crippen molar-refractivity contribution >= 4 is 67.2 Å². The molecule has 164 valence electrons. The molecule has 3 nitrogen and oxygen atoms in total. The zero-order valence-electron chi connectivity index (χ0n) is 17.5. The van der Waals surface area contributed by atoms with Gasteiger partial charge in [0.15, 0.2) is 0 Å². The van der Waals surface area contributed by atoms with Crippen LogP contribution < -0.4 is 5.32 Å². The minimum Gasteiger partial charge on any atom is -0.317 e. The van der Waals surface area contributed by atoms with Crippen LogP contribution in [0.4, 0.5) is 5.00 Å². The van der Waals surface area contributed by atoms with Gasteiger partial charge in [0.2, 0.25) is 5.91 Å². The maximum Gasteiger partial charge on any atom is 0.225 e. The summed E-state index contributed by atoms with van der Waals surface area (Å²) in [6.45, 7) is 0. The van der Waals surface area contributed by atoms with Crippen LogP contribution in [0.5, 0.6) is 0 Å². The van der Waals surface area contributed by atoms with Crippen molar-refractivity contribution in [2.45, 2.75) is 43.4 Å². The van der Waals surface area contributed by atoms with Gasteiger partial charge >= 0.3 is 0 Å². The predicted octanol–water partition coefficient (Wildman–Crippen LogP) is 8.07. The first-order valence-corrected chi connectivity index (χ1v) is 13.9. The number of hydrogen-bond acceptors (Lipinski definition) is 5. The van der Waals surface area contributed by atoms with E-state index in [-0.39, 0.29) is 5.91 Å². The highest BCUT2D eigenvalue weighted by Gasteiger charge is 2.25. The Labute approximate surface area is 205 Å². The number of para-hydroxylation sites is 1. The molecule has 0 radical (unpaired) electrons. The molecule has 0 aliphatic heterocycles. The number of carbonyl (C=O) groups is 1. The Morgan fingerprint density at radius 2 is 1.88 bits per heavy atom. The smallest absolute Gasteiger partial charge is 0.225 e. The van der Waals surface area contributed by atoms with E-state index >= 15 is 0 Å². The summed E-state index contributed by atoms with van der Waals surface area (Å²) in [5, 5.41) is 5.99. The molecule has 32 heavy (non-hydrogen) atoms. The van der Waals surface area contributed by atoms with Gasteiger partial charge in [0.25, 0.3) is 0 Å². The van der Waals surface area contributed by atoms with Crippen molar-refractivity contribution < 1.29 is 4.79 Å². The zero-order chi connectivity index (χ0) is 21.9. The number of rotatable bonds is 7. The fourth-order valence-electron chi connectivity index (χ4n) is 4.00. The fraction of sp³-hybridized carbons (Fsp3) is 0.280. The lowest BCUT2D eigenvalue weighted by Crippen LogP contribution is -2.11. The number of aromatic nitrogens is 1. The Bertz CT molecular complexity index is 1210. The van der Waals surface area contributed by atoms with Gasteiger partial charge in [-0.05, 0) is 79.8 Å². The summed E-state index contributed by atoms with van der Waals surface area (Å²) in [6, 6.07) is 16.1. The summed E-state index contributed by atoms with van der Waals surface area (Å²) in [6.07, 6.45) is 5.96. The van der Waals surface area contributed by atoms with Crippen molar-refractivity contribution in [3.63, 3.8) is 0 Å². The number of nitrogens with zero attached hydrogens (tertiary/aromatic N) is 1. The topological polar surface area (TPSA) is 42.0 Å². The molecule has 0 saturated carbocycles. The van der Waals surface area contributed by atoms with Gasteiger partial charge in [-0.2, -0.15) is 0 Å². The van der Waals surface area contributed by atoms with Crippen molar-refractivity contribution in [2.24, 2.45) is 0 Å². The molecule has 2 aromatic heterocycles. The highest BCUT2D eigenvalue weighted by molar-refractivity contribution is 7.99. The van der Waals surface area contributed by atoms with Crippen LogP contribution in [0, 0.1) is 0 Å². The molecule has 7 heteroatoms. The third-order valence-corrected chi connectivity index (χ3v) is 9.17. The van der Waals surface area contributed by atoms with E-state index < -0.39 is 0 Å². The van der Waals surface area contributed by atoms with Gasteiger partial charge in [-0.3, -0.25) is 4.79 Å². The van der Waals surface area contributed by atoms with Crippen molar-refractivity contribution in [3.05, 3.63) is 64.0 Å². The van der Waals surface area contributed by atoms with E-state index in [0.717, 1.165) is 51.1 Å². The van der Waals surface area contributed by atoms with Gasteiger partial charge < -0.3 is 5.32 Å². The van der Waals surface area contributed by atoms with E-state index in [1.807, 2.05) is 30.3 Å². The molecular formula is C25H23ClN2OS3. The summed E-state index contributed by atoms with van der Waals surface area (Å²) < 4.78 is 1.19. The number of thiazole rings is 1. The number of thiophene rings is 1. The molecule has 5 rings (SSSR count). The summed E-state index contributed by atoms with van der Waals surface area (Å²) in [4.78, 5) is 20.3. The van der Waals surface area contributed by atoms with Crippen molar-refractivity contribution in [2.75, 3.05) is 11.1 Å². The van der Waals surface area contributed by atoms with Crippen molar-refractivity contribution in [1.82, 2.24) is 4.98 Å². The molecule has 2 aromatic carbocycles. The SMILES string of the molecule is O=C(CCCSc1ccc(Cl)cc1)Nc1sc2c(c1-c1nc3ccccc3s1)CCCC2. The van der Waals surface area contributed by atoms with E-state index in [1.165, 1.54) is 32.9 Å². The second-order valence-corrected chi connectivity index (χ2v) is 11.6. The summed E-state index contributed by atoms with van der Waals surface area (Å²) in [7, 11) is 0. The van der Waals surface area contributed by atoms with E-state index in [9.17, 15) is 4.79 Å². The maximum absolute atomic E-state index is 12.8. The van der Waals surface area contributed by atoms with Crippen LogP contribution >= 0.6 is 46.0 Å². The summed E-state index contributed by atoms with van der Waals surface area (Å²) >= 11 is 11.2. The second kappa shape index (κ2) is 9.96. The second-order valence-electron chi connectivity index (χ2n) is 7.86. The van der Waals surface area contributed by atoms with Crippen LogP contribution in [0.2, 0.25) is 5.02 Å². The quantitative estimate of drug-likeness (QED) is 0.207. The Hall–Kier alpha value is -1.86. The number of hydrogen-bond donors (Lipinski definition) is 1. The molecule has 0 saturated heterocycles. The molecule has 0 atom stereocenters. The molecule has 1 aliphatic rings. The Morgan fingerprint density at radius 3 is 2.72 bits per heavy atom. The Kier molecular flexibility index (Phi) is 6.83. The highest BCUT2D eigenvalue weighted by Crippen LogP contribution is 2.46. The Morgan fingerprint density at radius 1 is 1.06 bits per heavy atom. The molecule has 0 unspecified atom stereocenters. The molecular weight excluding hydrogens is 476 g/mol. The highest BCUT2D eigenvalue weighted by atomic mass is 35.5. The summed E-state index contributed by atoms with van der Waals surface area (Å²) in [5.41, 5.74) is 3.59. The third-order valence-electron chi connectivity index (χ3n) is 5.56. The fourth-order valence-corrected chi connectivity index (χ4v) is 7.40. The van der Waals surface area contributed by atoms with Gasteiger partial charge in [-0.1, -0.05) is 23.7 Å². The first-order chi connectivity index (χ1) is 15.7. The number of thioether (sulfide) groups is 1. The zero-order valence-corrected chi connectivity index (χ0v) is 20.7. The average molecular weight is 499 g/mol. The lowest BCUT2D eigenvalue weighted by molar-refractivity contribution is -0.116. The van der Waals surface area contributed by atoms with Crippen LogP contribution in [0.15, 0.2) is 53.4 Å². The molecule has 0 spiro atoms. The predicted molar refractivity (Wildman–Crippen MR) is 140 cm³/mol. The van der Waals surface area contributed by atoms with Crippen LogP contribution in [0.3, 0.4) is 0 Å². The molecule has 1 N–H and O–H groups in total. The number of anilines is 1. The normalized spacial score (nSPS) is 13.3. The van der Waals surface area contributed by atoms with E-state index in [1.54, 1.807) is 34.4 Å². The first-order valence-electron chi connectivity index (χ1n) is 10.9. The maximum atomic E-state index is 12.8. The van der Waals surface area contributed by atoms with Crippen LogP contribution in [0.1, 0.15) is 36.1 Å². The number of aryl methyl sites for hydroxylation is 1. The molecule has 1 aliphatic carbocycles. The van der Waals surface area contributed by atoms with Crippen LogP contribution in [-0.2, 0) is 17.6 Å². The van der Waals surface area contributed by atoms with Gasteiger partial charge in [0, 0.05) is 26.8 Å². The van der Waals surface area contributed by atoms with E-state index in [2.05, 4.69) is 23.5 Å². The monoisotopic (exact) mass is 498 g/mol. The molecule has 2 heterocycles. The van der Waals surface area contributed by atoms with E-state index in [0.29, 0.717) is 6.42 Å². The van der Waals surface area contributed by atoms with Gasteiger partial charge in [-0.25, -0.2) is 4.98 Å². The van der Waals surface area contributed by atoms with Crippen LogP contribution in [-0.4, -0.2) is 16.6 Å². The van der Waals surface area contributed by atoms with Gasteiger partial charge in [0.05, 0.1) is 10.2 Å². The first kappa shape index (κ1) is 22.0. The third kappa shape index (κ3) is 4.88. The van der Waals surface area contributed by atoms with Crippen molar-refractivity contribution in [1.29, 1.82) is 0 Å². The molecule has 0 bridgehead atoms. The van der Waals surface area contributed by atoms with E-state index in [4.69, 9.17) is 16.6 Å². The average Bonchev–Trinajstić information content (AvgIpc) is 3.38. The Balaban J connectivity index is 1.29. The number of amides is 1. The standard InChI is InChI=1S/C25H23ClN2OS3/c26-16-11-13-17(14-12-16)30-15-5-10-22(29)28-25-23(18-6-1-3-8-20(18)31-25)24-27-19-7-2-4-9-21(19)32-24/h2,4,7,9,11-14H,1,3,5-6,8,10,15H2,(H,28,29). The lowest BCUT2D eigenvalue weighted by Gasteiger charge is -2.11. The minimum absolute atomic E-state index is 0.0858. The number of benzene rings is 2. The summed E-state index contributed by atoms with van der Waals surface area (Å²) in [5.74, 6) is 0.989. The van der Waals surface area contributed by atoms with Gasteiger partial charge in [0.1, 0.15) is 10.0 Å².